The fourth-order valence-electron chi connectivity index (χ4n) is 2.96. The Balaban J connectivity index is 1.49. The first-order valence-electron chi connectivity index (χ1n) is 8.48. The number of pyridine rings is 1. The Bertz CT molecular complexity index is 568. The van der Waals surface area contributed by atoms with E-state index >= 15 is 0 Å². The first-order chi connectivity index (χ1) is 11.3. The Kier molecular flexibility index (Phi) is 5.97. The van der Waals surface area contributed by atoms with E-state index in [-0.39, 0.29) is 12.0 Å². The van der Waals surface area contributed by atoms with Gasteiger partial charge in [0.2, 0.25) is 5.88 Å². The molecule has 23 heavy (non-hydrogen) atoms. The molecule has 5 heteroatoms. The molecule has 124 valence electrons. The average molecular weight is 332 g/mol. The van der Waals surface area contributed by atoms with Crippen molar-refractivity contribution in [1.29, 1.82) is 0 Å². The van der Waals surface area contributed by atoms with Crippen molar-refractivity contribution in [2.24, 2.45) is 0 Å². The van der Waals surface area contributed by atoms with Gasteiger partial charge in [-0.1, -0.05) is 11.6 Å². The van der Waals surface area contributed by atoms with Crippen molar-refractivity contribution in [2.45, 2.75) is 44.6 Å². The SMILES string of the molecule is O=C(NCCC1=CCCCC1)c1ccnc(O[C@@H]2CCSC2)c1. The lowest BCUT2D eigenvalue weighted by Gasteiger charge is -2.14. The number of hydrogen-bond acceptors (Lipinski definition) is 4. The molecule has 1 amide bonds. The van der Waals surface area contributed by atoms with Crippen molar-refractivity contribution >= 4 is 17.7 Å². The lowest BCUT2D eigenvalue weighted by atomic mass is 9.97. The van der Waals surface area contributed by atoms with E-state index in [1.165, 1.54) is 31.3 Å². The number of amides is 1. The number of aromatic nitrogens is 1. The molecule has 0 saturated carbocycles. The third-order valence-corrected chi connectivity index (χ3v) is 5.42. The third-order valence-electron chi connectivity index (χ3n) is 4.29. The molecular formula is C18H24N2O2S. The highest BCUT2D eigenvalue weighted by molar-refractivity contribution is 7.99. The molecule has 1 aromatic heterocycles. The van der Waals surface area contributed by atoms with Crippen LogP contribution in [0.4, 0.5) is 0 Å². The Morgan fingerprint density at radius 3 is 3.17 bits per heavy atom. The fraction of sp³-hybridized carbons (Fsp3) is 0.556. The molecular weight excluding hydrogens is 308 g/mol. The van der Waals surface area contributed by atoms with E-state index in [1.54, 1.807) is 18.3 Å². The van der Waals surface area contributed by atoms with Gasteiger partial charge in [-0.25, -0.2) is 4.98 Å². The summed E-state index contributed by atoms with van der Waals surface area (Å²) < 4.78 is 5.84. The summed E-state index contributed by atoms with van der Waals surface area (Å²) in [5.41, 5.74) is 2.10. The summed E-state index contributed by atoms with van der Waals surface area (Å²) in [6, 6.07) is 3.49. The minimum Gasteiger partial charge on any atom is -0.473 e. The Hall–Kier alpha value is -1.49. The summed E-state index contributed by atoms with van der Waals surface area (Å²) in [6.07, 6.45) is 11.2. The molecule has 0 spiro atoms. The van der Waals surface area contributed by atoms with Crippen molar-refractivity contribution in [1.82, 2.24) is 10.3 Å². The number of nitrogens with zero attached hydrogens (tertiary/aromatic N) is 1. The molecule has 4 nitrogen and oxygen atoms in total. The number of nitrogens with one attached hydrogen (secondary N) is 1. The molecule has 0 unspecified atom stereocenters. The van der Waals surface area contributed by atoms with Crippen LogP contribution in [0.25, 0.3) is 0 Å². The fourth-order valence-corrected chi connectivity index (χ4v) is 4.06. The van der Waals surface area contributed by atoms with E-state index in [0.29, 0.717) is 18.0 Å². The van der Waals surface area contributed by atoms with Gasteiger partial charge in [0.05, 0.1) is 0 Å². The van der Waals surface area contributed by atoms with Gasteiger partial charge in [-0.2, -0.15) is 11.8 Å². The molecule has 0 bridgehead atoms. The van der Waals surface area contributed by atoms with Crippen LogP contribution in [0, 0.1) is 0 Å². The number of carbonyl (C=O) groups is 1. The highest BCUT2D eigenvalue weighted by atomic mass is 32.2. The molecule has 3 rings (SSSR count). The van der Waals surface area contributed by atoms with E-state index in [2.05, 4.69) is 16.4 Å². The number of rotatable bonds is 6. The lowest BCUT2D eigenvalue weighted by Crippen LogP contribution is -2.25. The van der Waals surface area contributed by atoms with Crippen LogP contribution in [0.15, 0.2) is 30.0 Å². The predicted octanol–water partition coefficient (Wildman–Crippen LogP) is 3.59. The lowest BCUT2D eigenvalue weighted by molar-refractivity contribution is 0.0953. The number of carbonyl (C=O) groups excluding carboxylic acids is 1. The molecule has 1 aromatic rings. The topological polar surface area (TPSA) is 51.2 Å². The second-order valence-electron chi connectivity index (χ2n) is 6.10. The summed E-state index contributed by atoms with van der Waals surface area (Å²) in [7, 11) is 0. The molecule has 2 aliphatic rings. The van der Waals surface area contributed by atoms with E-state index in [1.807, 2.05) is 11.8 Å². The van der Waals surface area contributed by atoms with Crippen LogP contribution >= 0.6 is 11.8 Å². The third kappa shape index (κ3) is 4.99. The molecule has 0 aromatic carbocycles. The Morgan fingerprint density at radius 1 is 1.43 bits per heavy atom. The maximum atomic E-state index is 12.3. The average Bonchev–Trinajstić information content (AvgIpc) is 3.09. The maximum Gasteiger partial charge on any atom is 0.251 e. The summed E-state index contributed by atoms with van der Waals surface area (Å²) in [5, 5.41) is 3.00. The zero-order valence-electron chi connectivity index (χ0n) is 13.4. The largest absolute Gasteiger partial charge is 0.473 e. The summed E-state index contributed by atoms with van der Waals surface area (Å²) in [6.45, 7) is 0.697. The van der Waals surface area contributed by atoms with Crippen molar-refractivity contribution in [2.75, 3.05) is 18.1 Å². The van der Waals surface area contributed by atoms with Gasteiger partial charge in [0.15, 0.2) is 0 Å². The van der Waals surface area contributed by atoms with Crippen molar-refractivity contribution in [3.05, 3.63) is 35.5 Å². The Morgan fingerprint density at radius 2 is 2.39 bits per heavy atom. The first kappa shape index (κ1) is 16.4. The molecule has 1 aliphatic heterocycles. The minimum absolute atomic E-state index is 0.0468. The molecule has 0 radical (unpaired) electrons. The molecule has 1 fully saturated rings. The molecule has 1 saturated heterocycles. The van der Waals surface area contributed by atoms with Gasteiger partial charge in [0.1, 0.15) is 6.10 Å². The van der Waals surface area contributed by atoms with Crippen LogP contribution in [0.1, 0.15) is 48.9 Å². The van der Waals surface area contributed by atoms with Gasteiger partial charge >= 0.3 is 0 Å². The molecule has 1 N–H and O–H groups in total. The van der Waals surface area contributed by atoms with Crippen LogP contribution in [0.3, 0.4) is 0 Å². The quantitative estimate of drug-likeness (QED) is 0.809. The zero-order valence-corrected chi connectivity index (χ0v) is 14.2. The molecule has 1 atom stereocenters. The van der Waals surface area contributed by atoms with E-state index < -0.39 is 0 Å². The van der Waals surface area contributed by atoms with E-state index in [9.17, 15) is 4.79 Å². The standard InChI is InChI=1S/C18H24N2O2S/c21-18(20-9-6-14-4-2-1-3-5-14)15-7-10-19-17(12-15)22-16-8-11-23-13-16/h4,7,10,12,16H,1-3,5-6,8-9,11,13H2,(H,20,21)/t16-/m1/s1. The number of ether oxygens (including phenoxy) is 1. The van der Waals surface area contributed by atoms with Gasteiger partial charge in [0, 0.05) is 30.1 Å². The monoisotopic (exact) mass is 332 g/mol. The van der Waals surface area contributed by atoms with Gasteiger partial charge in [-0.05, 0) is 50.3 Å². The summed E-state index contributed by atoms with van der Waals surface area (Å²) in [5.74, 6) is 2.66. The van der Waals surface area contributed by atoms with Crippen molar-refractivity contribution in [3.63, 3.8) is 0 Å². The second kappa shape index (κ2) is 8.39. The molecule has 1 aliphatic carbocycles. The number of hydrogen-bond donors (Lipinski definition) is 1. The second-order valence-corrected chi connectivity index (χ2v) is 7.25. The van der Waals surface area contributed by atoms with Gasteiger partial charge in [0.25, 0.3) is 5.91 Å². The van der Waals surface area contributed by atoms with E-state index in [0.717, 1.165) is 24.3 Å². The van der Waals surface area contributed by atoms with Crippen LogP contribution in [0.5, 0.6) is 5.88 Å². The van der Waals surface area contributed by atoms with Gasteiger partial charge in [-0.15, -0.1) is 0 Å². The van der Waals surface area contributed by atoms with Crippen LogP contribution in [0.2, 0.25) is 0 Å². The van der Waals surface area contributed by atoms with Crippen molar-refractivity contribution < 1.29 is 9.53 Å². The smallest absolute Gasteiger partial charge is 0.251 e. The maximum absolute atomic E-state index is 12.3. The normalized spacial score (nSPS) is 20.9. The van der Waals surface area contributed by atoms with Crippen LogP contribution in [-0.2, 0) is 0 Å². The van der Waals surface area contributed by atoms with Crippen LogP contribution < -0.4 is 10.1 Å². The van der Waals surface area contributed by atoms with E-state index in [4.69, 9.17) is 4.74 Å². The highest BCUT2D eigenvalue weighted by Crippen LogP contribution is 2.22. The number of thioether (sulfide) groups is 1. The summed E-state index contributed by atoms with van der Waals surface area (Å²) in [4.78, 5) is 16.5. The Labute approximate surface area is 142 Å². The highest BCUT2D eigenvalue weighted by Gasteiger charge is 2.18. The van der Waals surface area contributed by atoms with Gasteiger partial charge in [-0.3, -0.25) is 4.79 Å². The van der Waals surface area contributed by atoms with Gasteiger partial charge < -0.3 is 10.1 Å². The van der Waals surface area contributed by atoms with Crippen molar-refractivity contribution in [3.8, 4) is 5.88 Å². The predicted molar refractivity (Wildman–Crippen MR) is 94.1 cm³/mol. The summed E-state index contributed by atoms with van der Waals surface area (Å²) >= 11 is 1.90. The minimum atomic E-state index is -0.0468. The zero-order chi connectivity index (χ0) is 15.9. The first-order valence-corrected chi connectivity index (χ1v) is 9.63. The number of allylic oxidation sites excluding steroid dienone is 1. The molecule has 2 heterocycles. The van der Waals surface area contributed by atoms with Crippen LogP contribution in [-0.4, -0.2) is 35.0 Å².